The zero-order chi connectivity index (χ0) is 13.7. The molecule has 0 bridgehead atoms. The maximum Gasteiger partial charge on any atom is 0.123 e. The van der Waals surface area contributed by atoms with Crippen molar-refractivity contribution >= 4 is 6.29 Å². The number of carbonyl (C=O) groups is 1. The van der Waals surface area contributed by atoms with Crippen LogP contribution in [0.5, 0.6) is 5.75 Å². The van der Waals surface area contributed by atoms with Gasteiger partial charge in [0.1, 0.15) is 12.0 Å². The van der Waals surface area contributed by atoms with Gasteiger partial charge in [-0.05, 0) is 36.5 Å². The van der Waals surface area contributed by atoms with Crippen molar-refractivity contribution in [2.75, 3.05) is 7.11 Å². The van der Waals surface area contributed by atoms with Crippen LogP contribution in [-0.4, -0.2) is 19.5 Å². The largest absolute Gasteiger partial charge is 0.497 e. The van der Waals surface area contributed by atoms with Crippen LogP contribution in [0.3, 0.4) is 0 Å². The van der Waals surface area contributed by atoms with Crippen molar-refractivity contribution in [3.8, 4) is 5.75 Å². The molecule has 1 aliphatic carbocycles. The number of ether oxygens (including phenoxy) is 2. The van der Waals surface area contributed by atoms with Crippen molar-refractivity contribution in [1.82, 2.24) is 0 Å². The molecular weight excluding hydrogens is 240 g/mol. The van der Waals surface area contributed by atoms with Gasteiger partial charge in [0.2, 0.25) is 0 Å². The van der Waals surface area contributed by atoms with Crippen LogP contribution in [0.25, 0.3) is 0 Å². The SMILES string of the molecule is CCC1CC(OCc2ccc(OC)cc2)CC1C=O. The van der Waals surface area contributed by atoms with Crippen LogP contribution in [0.1, 0.15) is 31.7 Å². The lowest BCUT2D eigenvalue weighted by Gasteiger charge is -2.12. The van der Waals surface area contributed by atoms with Crippen molar-refractivity contribution in [2.24, 2.45) is 11.8 Å². The second kappa shape index (κ2) is 6.71. The summed E-state index contributed by atoms with van der Waals surface area (Å²) in [4.78, 5) is 11.0. The molecule has 1 fully saturated rings. The number of hydrogen-bond donors (Lipinski definition) is 0. The summed E-state index contributed by atoms with van der Waals surface area (Å²) in [6.07, 6.45) is 4.27. The molecule has 104 valence electrons. The Labute approximate surface area is 114 Å². The van der Waals surface area contributed by atoms with Gasteiger partial charge in [-0.2, -0.15) is 0 Å². The van der Waals surface area contributed by atoms with E-state index in [-0.39, 0.29) is 12.0 Å². The number of hydrogen-bond acceptors (Lipinski definition) is 3. The van der Waals surface area contributed by atoms with Crippen LogP contribution in [-0.2, 0) is 16.1 Å². The van der Waals surface area contributed by atoms with Gasteiger partial charge >= 0.3 is 0 Å². The Bertz CT molecular complexity index is 399. The highest BCUT2D eigenvalue weighted by atomic mass is 16.5. The van der Waals surface area contributed by atoms with Gasteiger partial charge in [-0.25, -0.2) is 0 Å². The fraction of sp³-hybridized carbons (Fsp3) is 0.562. The lowest BCUT2D eigenvalue weighted by molar-refractivity contribution is -0.112. The Morgan fingerprint density at radius 2 is 2.00 bits per heavy atom. The quantitative estimate of drug-likeness (QED) is 0.738. The van der Waals surface area contributed by atoms with E-state index in [4.69, 9.17) is 9.47 Å². The molecule has 0 aromatic heterocycles. The van der Waals surface area contributed by atoms with Gasteiger partial charge in [-0.3, -0.25) is 0 Å². The van der Waals surface area contributed by atoms with Crippen LogP contribution < -0.4 is 4.74 Å². The number of benzene rings is 1. The number of carbonyl (C=O) groups excluding carboxylic acids is 1. The molecule has 0 N–H and O–H groups in total. The molecule has 1 aromatic carbocycles. The zero-order valence-corrected chi connectivity index (χ0v) is 11.7. The molecule has 3 heteroatoms. The lowest BCUT2D eigenvalue weighted by Crippen LogP contribution is -2.08. The second-order valence-corrected chi connectivity index (χ2v) is 5.22. The van der Waals surface area contributed by atoms with Crippen molar-refractivity contribution in [3.63, 3.8) is 0 Å². The van der Waals surface area contributed by atoms with Crippen LogP contribution in [0, 0.1) is 11.8 Å². The topological polar surface area (TPSA) is 35.5 Å². The van der Waals surface area contributed by atoms with Gasteiger partial charge in [0.05, 0.1) is 19.8 Å². The smallest absolute Gasteiger partial charge is 0.123 e. The predicted molar refractivity (Wildman–Crippen MR) is 74.1 cm³/mol. The molecule has 19 heavy (non-hydrogen) atoms. The molecule has 3 unspecified atom stereocenters. The van der Waals surface area contributed by atoms with E-state index in [0.29, 0.717) is 12.5 Å². The molecular formula is C16H22O3. The van der Waals surface area contributed by atoms with Crippen molar-refractivity contribution < 1.29 is 14.3 Å². The third-order valence-corrected chi connectivity index (χ3v) is 4.05. The molecule has 0 heterocycles. The first-order chi connectivity index (χ1) is 9.26. The Balaban J connectivity index is 1.83. The summed E-state index contributed by atoms with van der Waals surface area (Å²) in [5.41, 5.74) is 1.14. The standard InChI is InChI=1S/C16H22O3/c1-3-13-8-16(9-14(13)10-17)19-11-12-4-6-15(18-2)7-5-12/h4-7,10,13-14,16H,3,8-9,11H2,1-2H3. The molecule has 0 radical (unpaired) electrons. The highest BCUT2D eigenvalue weighted by molar-refractivity contribution is 5.54. The molecule has 0 amide bonds. The first-order valence-corrected chi connectivity index (χ1v) is 6.96. The summed E-state index contributed by atoms with van der Waals surface area (Å²) in [5.74, 6) is 1.54. The van der Waals surface area contributed by atoms with E-state index < -0.39 is 0 Å². The van der Waals surface area contributed by atoms with E-state index in [1.54, 1.807) is 7.11 Å². The molecule has 1 aliphatic rings. The fourth-order valence-corrected chi connectivity index (χ4v) is 2.81. The highest BCUT2D eigenvalue weighted by Gasteiger charge is 2.33. The van der Waals surface area contributed by atoms with E-state index in [0.717, 1.165) is 36.9 Å². The van der Waals surface area contributed by atoms with Crippen LogP contribution in [0.2, 0.25) is 0 Å². The van der Waals surface area contributed by atoms with Gasteiger partial charge in [-0.1, -0.05) is 25.5 Å². The molecule has 0 saturated heterocycles. The second-order valence-electron chi connectivity index (χ2n) is 5.22. The number of rotatable bonds is 6. The third-order valence-electron chi connectivity index (χ3n) is 4.05. The average molecular weight is 262 g/mol. The van der Waals surface area contributed by atoms with E-state index in [1.165, 1.54) is 0 Å². The van der Waals surface area contributed by atoms with E-state index in [9.17, 15) is 4.79 Å². The van der Waals surface area contributed by atoms with Crippen LogP contribution in [0.4, 0.5) is 0 Å². The van der Waals surface area contributed by atoms with Gasteiger partial charge in [0.25, 0.3) is 0 Å². The molecule has 3 nitrogen and oxygen atoms in total. The summed E-state index contributed by atoms with van der Waals surface area (Å²) < 4.78 is 11.1. The van der Waals surface area contributed by atoms with Crippen molar-refractivity contribution in [1.29, 1.82) is 0 Å². The maximum atomic E-state index is 11.0. The fourth-order valence-electron chi connectivity index (χ4n) is 2.81. The number of aldehydes is 1. The van der Waals surface area contributed by atoms with Gasteiger partial charge in [0, 0.05) is 5.92 Å². The Hall–Kier alpha value is -1.35. The average Bonchev–Trinajstić information content (AvgIpc) is 2.88. The summed E-state index contributed by atoms with van der Waals surface area (Å²) in [5, 5.41) is 0. The molecule has 2 rings (SSSR count). The third kappa shape index (κ3) is 3.57. The molecule has 1 saturated carbocycles. The van der Waals surface area contributed by atoms with Gasteiger partial charge in [0.15, 0.2) is 0 Å². The predicted octanol–water partition coefficient (Wildman–Crippen LogP) is 3.22. The van der Waals surface area contributed by atoms with Crippen molar-refractivity contribution in [3.05, 3.63) is 29.8 Å². The van der Waals surface area contributed by atoms with E-state index in [2.05, 4.69) is 6.92 Å². The normalized spacial score (nSPS) is 26.3. The van der Waals surface area contributed by atoms with Gasteiger partial charge < -0.3 is 14.3 Å². The first-order valence-electron chi connectivity index (χ1n) is 6.96. The monoisotopic (exact) mass is 262 g/mol. The minimum absolute atomic E-state index is 0.186. The first kappa shape index (κ1) is 14.1. The molecule has 1 aromatic rings. The molecule has 0 spiro atoms. The van der Waals surface area contributed by atoms with Crippen LogP contribution >= 0.6 is 0 Å². The Kier molecular flexibility index (Phi) is 4.97. The Morgan fingerprint density at radius 3 is 2.53 bits per heavy atom. The molecule has 3 atom stereocenters. The van der Waals surface area contributed by atoms with E-state index >= 15 is 0 Å². The maximum absolute atomic E-state index is 11.0. The summed E-state index contributed by atoms with van der Waals surface area (Å²) >= 11 is 0. The zero-order valence-electron chi connectivity index (χ0n) is 11.7. The van der Waals surface area contributed by atoms with Crippen molar-refractivity contribution in [2.45, 2.75) is 38.9 Å². The van der Waals surface area contributed by atoms with Gasteiger partial charge in [-0.15, -0.1) is 0 Å². The summed E-state index contributed by atoms with van der Waals surface area (Å²) in [6.45, 7) is 2.75. The summed E-state index contributed by atoms with van der Waals surface area (Å²) in [6, 6.07) is 7.91. The van der Waals surface area contributed by atoms with Crippen LogP contribution in [0.15, 0.2) is 24.3 Å². The molecule has 0 aliphatic heterocycles. The number of methoxy groups -OCH3 is 1. The summed E-state index contributed by atoms with van der Waals surface area (Å²) in [7, 11) is 1.66. The minimum atomic E-state index is 0.186. The minimum Gasteiger partial charge on any atom is -0.497 e. The van der Waals surface area contributed by atoms with E-state index in [1.807, 2.05) is 24.3 Å². The lowest BCUT2D eigenvalue weighted by atomic mass is 9.95. The highest BCUT2D eigenvalue weighted by Crippen LogP contribution is 2.35. The Morgan fingerprint density at radius 1 is 1.26 bits per heavy atom.